The van der Waals surface area contributed by atoms with Gasteiger partial charge in [0, 0.05) is 32.0 Å². The Morgan fingerprint density at radius 3 is 2.43 bits per heavy atom. The predicted octanol–water partition coefficient (Wildman–Crippen LogP) is 1.78. The maximum atomic E-state index is 12.5. The van der Waals surface area contributed by atoms with Gasteiger partial charge >= 0.3 is 0 Å². The third-order valence-electron chi connectivity index (χ3n) is 5.45. The molecule has 2 aliphatic heterocycles. The van der Waals surface area contributed by atoms with E-state index < -0.39 is 0 Å². The highest BCUT2D eigenvalue weighted by Gasteiger charge is 2.29. The quantitative estimate of drug-likeness (QED) is 0.783. The molecule has 5 nitrogen and oxygen atoms in total. The smallest absolute Gasteiger partial charge is 0.223 e. The number of hydrogen-bond acceptors (Lipinski definition) is 3. The molecule has 0 radical (unpaired) electrons. The number of hydrogen-bond donors (Lipinski definition) is 2. The number of nitrogens with one attached hydrogen (secondary N) is 2. The number of amides is 2. The summed E-state index contributed by atoms with van der Waals surface area (Å²) in [6.45, 7) is 8.68. The van der Waals surface area contributed by atoms with Gasteiger partial charge in [-0.05, 0) is 57.0 Å². The molecular formula is C18H33N3O2. The highest BCUT2D eigenvalue weighted by Crippen LogP contribution is 2.26. The minimum absolute atomic E-state index is 0.0902. The molecule has 2 aliphatic rings. The Hall–Kier alpha value is -1.10. The van der Waals surface area contributed by atoms with Crippen molar-refractivity contribution in [3.63, 3.8) is 0 Å². The molecule has 0 bridgehead atoms. The molecule has 0 spiro atoms. The lowest BCUT2D eigenvalue weighted by Crippen LogP contribution is -2.44. The number of carbonyl (C=O) groups is 2. The van der Waals surface area contributed by atoms with Crippen LogP contribution in [0.1, 0.15) is 52.4 Å². The van der Waals surface area contributed by atoms with Gasteiger partial charge in [-0.1, -0.05) is 13.8 Å². The van der Waals surface area contributed by atoms with E-state index in [2.05, 4.69) is 24.5 Å². The molecule has 2 amide bonds. The van der Waals surface area contributed by atoms with E-state index in [-0.39, 0.29) is 17.7 Å². The molecule has 2 fully saturated rings. The van der Waals surface area contributed by atoms with Crippen LogP contribution in [0.3, 0.4) is 0 Å². The topological polar surface area (TPSA) is 61.4 Å². The van der Waals surface area contributed by atoms with Crippen molar-refractivity contribution in [1.82, 2.24) is 15.5 Å². The van der Waals surface area contributed by atoms with Crippen LogP contribution in [-0.4, -0.2) is 49.4 Å². The van der Waals surface area contributed by atoms with Gasteiger partial charge in [-0.3, -0.25) is 9.59 Å². The highest BCUT2D eigenvalue weighted by atomic mass is 16.2. The Morgan fingerprint density at radius 2 is 1.83 bits per heavy atom. The molecule has 0 saturated carbocycles. The standard InChI is InChI=1S/C18H33N3O2/c1-3-8-20-18(23)16-6-11-21(12-7-16)17(22)13-14(2)15-4-9-19-10-5-15/h14-16,19H,3-13H2,1-2H3,(H,20,23). The van der Waals surface area contributed by atoms with Gasteiger partial charge in [0.15, 0.2) is 0 Å². The molecule has 0 aliphatic carbocycles. The van der Waals surface area contributed by atoms with Gasteiger partial charge in [-0.15, -0.1) is 0 Å². The summed E-state index contributed by atoms with van der Waals surface area (Å²) in [5.41, 5.74) is 0. The Morgan fingerprint density at radius 1 is 1.17 bits per heavy atom. The van der Waals surface area contributed by atoms with Crippen LogP contribution >= 0.6 is 0 Å². The molecule has 1 unspecified atom stereocenters. The van der Waals surface area contributed by atoms with Crippen molar-refractivity contribution in [2.75, 3.05) is 32.7 Å². The molecule has 5 heteroatoms. The van der Waals surface area contributed by atoms with Crippen molar-refractivity contribution in [3.8, 4) is 0 Å². The van der Waals surface area contributed by atoms with Gasteiger partial charge in [0.2, 0.25) is 11.8 Å². The van der Waals surface area contributed by atoms with Crippen LogP contribution in [0.5, 0.6) is 0 Å². The summed E-state index contributed by atoms with van der Waals surface area (Å²) in [4.78, 5) is 26.5. The molecule has 2 N–H and O–H groups in total. The third kappa shape index (κ3) is 5.48. The van der Waals surface area contributed by atoms with Crippen LogP contribution in [0, 0.1) is 17.8 Å². The zero-order chi connectivity index (χ0) is 16.7. The normalized spacial score (nSPS) is 21.9. The monoisotopic (exact) mass is 323 g/mol. The average Bonchev–Trinajstić information content (AvgIpc) is 2.60. The molecule has 0 aromatic heterocycles. The van der Waals surface area contributed by atoms with Crippen molar-refractivity contribution >= 4 is 11.8 Å². The van der Waals surface area contributed by atoms with Crippen molar-refractivity contribution < 1.29 is 9.59 Å². The number of rotatable bonds is 6. The van der Waals surface area contributed by atoms with E-state index in [0.29, 0.717) is 18.3 Å². The first-order valence-electron chi connectivity index (χ1n) is 9.38. The lowest BCUT2D eigenvalue weighted by molar-refractivity contribution is -0.136. The van der Waals surface area contributed by atoms with E-state index in [4.69, 9.17) is 0 Å². The van der Waals surface area contributed by atoms with Crippen molar-refractivity contribution in [1.29, 1.82) is 0 Å². The Bertz CT molecular complexity index is 386. The summed E-state index contributed by atoms with van der Waals surface area (Å²) in [6, 6.07) is 0. The molecule has 132 valence electrons. The minimum Gasteiger partial charge on any atom is -0.356 e. The van der Waals surface area contributed by atoms with Crippen LogP contribution in [0.25, 0.3) is 0 Å². The van der Waals surface area contributed by atoms with E-state index in [9.17, 15) is 9.59 Å². The number of likely N-dealkylation sites (tertiary alicyclic amines) is 1. The van der Waals surface area contributed by atoms with E-state index in [1.807, 2.05) is 4.90 Å². The van der Waals surface area contributed by atoms with E-state index in [1.54, 1.807) is 0 Å². The molecule has 1 atom stereocenters. The summed E-state index contributed by atoms with van der Waals surface area (Å²) in [6.07, 6.45) is 5.63. The highest BCUT2D eigenvalue weighted by molar-refractivity contribution is 5.80. The summed E-state index contributed by atoms with van der Waals surface area (Å²) < 4.78 is 0. The number of piperidine rings is 2. The van der Waals surface area contributed by atoms with E-state index >= 15 is 0 Å². The van der Waals surface area contributed by atoms with Gasteiger partial charge in [-0.25, -0.2) is 0 Å². The van der Waals surface area contributed by atoms with Crippen LogP contribution < -0.4 is 10.6 Å². The van der Waals surface area contributed by atoms with Gasteiger partial charge < -0.3 is 15.5 Å². The van der Waals surface area contributed by atoms with Crippen LogP contribution in [0.2, 0.25) is 0 Å². The Balaban J connectivity index is 1.71. The van der Waals surface area contributed by atoms with Gasteiger partial charge in [0.25, 0.3) is 0 Å². The molecule has 0 aromatic carbocycles. The van der Waals surface area contributed by atoms with Crippen LogP contribution in [0.15, 0.2) is 0 Å². The summed E-state index contributed by atoms with van der Waals surface area (Å²) in [5.74, 6) is 1.69. The second-order valence-electron chi connectivity index (χ2n) is 7.21. The van der Waals surface area contributed by atoms with Crippen LogP contribution in [-0.2, 0) is 9.59 Å². The minimum atomic E-state index is 0.0902. The molecule has 2 saturated heterocycles. The number of carbonyl (C=O) groups excluding carboxylic acids is 2. The first kappa shape index (κ1) is 18.2. The first-order chi connectivity index (χ1) is 11.1. The molecule has 0 aromatic rings. The van der Waals surface area contributed by atoms with E-state index in [1.165, 1.54) is 12.8 Å². The maximum absolute atomic E-state index is 12.5. The summed E-state index contributed by atoms with van der Waals surface area (Å²) >= 11 is 0. The van der Waals surface area contributed by atoms with E-state index in [0.717, 1.165) is 52.0 Å². The first-order valence-corrected chi connectivity index (χ1v) is 9.38. The van der Waals surface area contributed by atoms with Crippen LogP contribution in [0.4, 0.5) is 0 Å². The fourth-order valence-corrected chi connectivity index (χ4v) is 3.77. The van der Waals surface area contributed by atoms with Crippen molar-refractivity contribution in [2.45, 2.75) is 52.4 Å². The molecule has 2 rings (SSSR count). The fraction of sp³-hybridized carbons (Fsp3) is 0.889. The SMILES string of the molecule is CCCNC(=O)C1CCN(C(=O)CC(C)C2CCNCC2)CC1. The maximum Gasteiger partial charge on any atom is 0.223 e. The second kappa shape index (κ2) is 9.26. The largest absolute Gasteiger partial charge is 0.356 e. The zero-order valence-corrected chi connectivity index (χ0v) is 14.8. The molecule has 23 heavy (non-hydrogen) atoms. The Kier molecular flexibility index (Phi) is 7.34. The van der Waals surface area contributed by atoms with Gasteiger partial charge in [0.05, 0.1) is 0 Å². The molecular weight excluding hydrogens is 290 g/mol. The Labute approximate surface area is 140 Å². The fourth-order valence-electron chi connectivity index (χ4n) is 3.77. The van der Waals surface area contributed by atoms with Gasteiger partial charge in [-0.2, -0.15) is 0 Å². The number of nitrogens with zero attached hydrogens (tertiary/aromatic N) is 1. The summed E-state index contributed by atoms with van der Waals surface area (Å²) in [5, 5.41) is 6.36. The third-order valence-corrected chi connectivity index (χ3v) is 5.45. The lowest BCUT2D eigenvalue weighted by atomic mass is 9.83. The molecule has 2 heterocycles. The second-order valence-corrected chi connectivity index (χ2v) is 7.21. The van der Waals surface area contributed by atoms with Gasteiger partial charge in [0.1, 0.15) is 0 Å². The lowest BCUT2D eigenvalue weighted by Gasteiger charge is -2.34. The van der Waals surface area contributed by atoms with Crippen molar-refractivity contribution in [2.24, 2.45) is 17.8 Å². The van der Waals surface area contributed by atoms with Crippen molar-refractivity contribution in [3.05, 3.63) is 0 Å². The summed E-state index contributed by atoms with van der Waals surface area (Å²) in [7, 11) is 0. The zero-order valence-electron chi connectivity index (χ0n) is 14.8. The predicted molar refractivity (Wildman–Crippen MR) is 92.0 cm³/mol. The average molecular weight is 323 g/mol.